The van der Waals surface area contributed by atoms with Crippen molar-refractivity contribution in [2.75, 3.05) is 31.1 Å². The van der Waals surface area contributed by atoms with E-state index in [1.54, 1.807) is 4.90 Å². The van der Waals surface area contributed by atoms with E-state index >= 15 is 0 Å². The van der Waals surface area contributed by atoms with E-state index < -0.39 is 23.6 Å². The molecule has 0 radical (unpaired) electrons. The van der Waals surface area contributed by atoms with Crippen molar-refractivity contribution in [1.82, 2.24) is 10.3 Å². The summed E-state index contributed by atoms with van der Waals surface area (Å²) in [5.74, 6) is 0. The van der Waals surface area contributed by atoms with E-state index in [-0.39, 0.29) is 16.6 Å². The molecule has 3 nitrogen and oxygen atoms in total. The minimum Gasteiger partial charge on any atom is -0.370 e. The van der Waals surface area contributed by atoms with Crippen LogP contribution in [0.1, 0.15) is 17.7 Å². The number of nitrogens with zero attached hydrogens (tertiary/aromatic N) is 2. The summed E-state index contributed by atoms with van der Waals surface area (Å²) < 4.78 is 78.4. The second-order valence-corrected chi connectivity index (χ2v) is 5.84. The molecule has 0 bridgehead atoms. The predicted molar refractivity (Wildman–Crippen MR) is 81.4 cm³/mol. The highest BCUT2D eigenvalue weighted by molar-refractivity contribution is 5.92. The number of hydrogen-bond donors (Lipinski definition) is 1. The van der Waals surface area contributed by atoms with Gasteiger partial charge >= 0.3 is 12.4 Å². The standard InChI is InChI=1S/C16H15F6N3/c17-15(18,19)10-2-3-12-11(8-10)13(9-14(24-12)16(20,21)22)25-6-1-4-23-5-7-25/h2-3,8-9,23H,1,4-7H2. The van der Waals surface area contributed by atoms with Gasteiger partial charge in [0, 0.05) is 30.7 Å². The van der Waals surface area contributed by atoms with Gasteiger partial charge in [-0.2, -0.15) is 26.3 Å². The summed E-state index contributed by atoms with van der Waals surface area (Å²) in [7, 11) is 0. The van der Waals surface area contributed by atoms with Gasteiger partial charge in [-0.05, 0) is 37.2 Å². The number of alkyl halides is 6. The zero-order valence-corrected chi connectivity index (χ0v) is 13.0. The number of nitrogens with one attached hydrogen (secondary N) is 1. The lowest BCUT2D eigenvalue weighted by molar-refractivity contribution is -0.141. The third-order valence-electron chi connectivity index (χ3n) is 4.09. The Morgan fingerprint density at radius 3 is 2.36 bits per heavy atom. The first-order valence-electron chi connectivity index (χ1n) is 7.71. The third kappa shape index (κ3) is 3.81. The quantitative estimate of drug-likeness (QED) is 0.774. The first-order chi connectivity index (χ1) is 11.7. The van der Waals surface area contributed by atoms with Crippen molar-refractivity contribution in [1.29, 1.82) is 0 Å². The van der Waals surface area contributed by atoms with Crippen molar-refractivity contribution in [2.45, 2.75) is 18.8 Å². The summed E-state index contributed by atoms with van der Waals surface area (Å²) in [5.41, 5.74) is -1.98. The Bertz CT molecular complexity index is 761. The Hall–Kier alpha value is -2.03. The maximum Gasteiger partial charge on any atom is 0.433 e. The summed E-state index contributed by atoms with van der Waals surface area (Å²) in [6, 6.07) is 3.46. The van der Waals surface area contributed by atoms with Crippen molar-refractivity contribution in [3.8, 4) is 0 Å². The molecule has 0 aliphatic carbocycles. The van der Waals surface area contributed by atoms with Gasteiger partial charge in [0.2, 0.25) is 0 Å². The molecule has 1 N–H and O–H groups in total. The molecule has 25 heavy (non-hydrogen) atoms. The fourth-order valence-electron chi connectivity index (χ4n) is 2.88. The average Bonchev–Trinajstić information content (AvgIpc) is 2.80. The predicted octanol–water partition coefficient (Wildman–Crippen LogP) is 4.07. The molecule has 1 saturated heterocycles. The van der Waals surface area contributed by atoms with Gasteiger partial charge in [-0.15, -0.1) is 0 Å². The zero-order chi connectivity index (χ0) is 18.2. The molecule has 1 aromatic carbocycles. The van der Waals surface area contributed by atoms with Crippen molar-refractivity contribution in [3.05, 3.63) is 35.5 Å². The number of fused-ring (bicyclic) bond motifs is 1. The van der Waals surface area contributed by atoms with E-state index in [4.69, 9.17) is 0 Å². The molecule has 136 valence electrons. The van der Waals surface area contributed by atoms with Gasteiger partial charge in [0.1, 0.15) is 5.69 Å². The highest BCUT2D eigenvalue weighted by atomic mass is 19.4. The molecule has 0 saturated carbocycles. The van der Waals surface area contributed by atoms with Crippen LogP contribution in [0, 0.1) is 0 Å². The lowest BCUT2D eigenvalue weighted by Gasteiger charge is -2.25. The minimum absolute atomic E-state index is 0.0738. The first kappa shape index (κ1) is 17.8. The van der Waals surface area contributed by atoms with E-state index in [1.807, 2.05) is 0 Å². The molecule has 0 amide bonds. The summed E-state index contributed by atoms with van der Waals surface area (Å²) in [5, 5.41) is 3.19. The highest BCUT2D eigenvalue weighted by Crippen LogP contribution is 2.38. The van der Waals surface area contributed by atoms with Gasteiger partial charge in [-0.1, -0.05) is 0 Å². The Morgan fingerprint density at radius 2 is 1.68 bits per heavy atom. The number of benzene rings is 1. The lowest BCUT2D eigenvalue weighted by atomic mass is 10.1. The van der Waals surface area contributed by atoms with Crippen molar-refractivity contribution in [2.24, 2.45) is 0 Å². The van der Waals surface area contributed by atoms with E-state index in [0.717, 1.165) is 24.3 Å². The zero-order valence-electron chi connectivity index (χ0n) is 13.0. The molecule has 1 aliphatic heterocycles. The number of halogens is 6. The van der Waals surface area contributed by atoms with Gasteiger partial charge in [0.25, 0.3) is 0 Å². The number of hydrogen-bond acceptors (Lipinski definition) is 3. The van der Waals surface area contributed by atoms with E-state index in [2.05, 4.69) is 10.3 Å². The average molecular weight is 363 g/mol. The molecule has 1 fully saturated rings. The molecular weight excluding hydrogens is 348 g/mol. The number of pyridine rings is 1. The van der Waals surface area contributed by atoms with Crippen molar-refractivity contribution >= 4 is 16.6 Å². The maximum absolute atomic E-state index is 13.1. The largest absolute Gasteiger partial charge is 0.433 e. The molecule has 9 heteroatoms. The van der Waals surface area contributed by atoms with Crippen LogP contribution in [0.2, 0.25) is 0 Å². The topological polar surface area (TPSA) is 28.2 Å². The Morgan fingerprint density at radius 1 is 0.920 bits per heavy atom. The Balaban J connectivity index is 2.21. The number of aromatic nitrogens is 1. The SMILES string of the molecule is FC(F)(F)c1ccc2nc(C(F)(F)F)cc(N3CCCNCC3)c2c1. The van der Waals surface area contributed by atoms with Gasteiger partial charge in [-0.25, -0.2) is 4.98 Å². The molecule has 0 unspecified atom stereocenters. The van der Waals surface area contributed by atoms with Crippen LogP contribution in [0.25, 0.3) is 10.9 Å². The molecule has 2 aromatic rings. The normalized spacial score (nSPS) is 17.0. The maximum atomic E-state index is 13.1. The lowest BCUT2D eigenvalue weighted by Crippen LogP contribution is -2.28. The highest BCUT2D eigenvalue weighted by Gasteiger charge is 2.35. The second kappa shape index (κ2) is 6.36. The van der Waals surface area contributed by atoms with Crippen LogP contribution in [0.15, 0.2) is 24.3 Å². The van der Waals surface area contributed by atoms with Gasteiger partial charge in [-0.3, -0.25) is 0 Å². The van der Waals surface area contributed by atoms with Crippen LogP contribution in [0.5, 0.6) is 0 Å². The van der Waals surface area contributed by atoms with Gasteiger partial charge in [0.05, 0.1) is 11.1 Å². The Labute approximate surface area is 139 Å². The monoisotopic (exact) mass is 363 g/mol. The van der Waals surface area contributed by atoms with Crippen LogP contribution in [-0.4, -0.2) is 31.2 Å². The van der Waals surface area contributed by atoms with Crippen LogP contribution < -0.4 is 10.2 Å². The van der Waals surface area contributed by atoms with Crippen LogP contribution in [-0.2, 0) is 12.4 Å². The van der Waals surface area contributed by atoms with Crippen molar-refractivity contribution in [3.63, 3.8) is 0 Å². The van der Waals surface area contributed by atoms with Crippen LogP contribution >= 0.6 is 0 Å². The summed E-state index contributed by atoms with van der Waals surface area (Å²) in [6.07, 6.45) is -8.56. The fourth-order valence-corrected chi connectivity index (χ4v) is 2.88. The van der Waals surface area contributed by atoms with E-state index in [9.17, 15) is 26.3 Å². The smallest absolute Gasteiger partial charge is 0.370 e. The van der Waals surface area contributed by atoms with Crippen molar-refractivity contribution < 1.29 is 26.3 Å². The van der Waals surface area contributed by atoms with Crippen LogP contribution in [0.4, 0.5) is 32.0 Å². The second-order valence-electron chi connectivity index (χ2n) is 5.84. The summed E-state index contributed by atoms with van der Waals surface area (Å²) >= 11 is 0. The fraction of sp³-hybridized carbons (Fsp3) is 0.438. The Kier molecular flexibility index (Phi) is 4.52. The third-order valence-corrected chi connectivity index (χ3v) is 4.09. The summed E-state index contributed by atoms with van der Waals surface area (Å²) in [6.45, 7) is 2.12. The molecule has 1 aliphatic rings. The molecule has 0 atom stereocenters. The number of rotatable bonds is 1. The molecule has 2 heterocycles. The van der Waals surface area contributed by atoms with E-state index in [0.29, 0.717) is 32.6 Å². The molecule has 1 aromatic heterocycles. The van der Waals surface area contributed by atoms with Crippen LogP contribution in [0.3, 0.4) is 0 Å². The minimum atomic E-state index is -4.67. The molecular formula is C16H15F6N3. The van der Waals surface area contributed by atoms with E-state index in [1.165, 1.54) is 0 Å². The molecule has 3 rings (SSSR count). The number of anilines is 1. The molecule has 0 spiro atoms. The van der Waals surface area contributed by atoms with Gasteiger partial charge in [0.15, 0.2) is 0 Å². The van der Waals surface area contributed by atoms with Gasteiger partial charge < -0.3 is 10.2 Å². The first-order valence-corrected chi connectivity index (χ1v) is 7.71. The summed E-state index contributed by atoms with van der Waals surface area (Å²) in [4.78, 5) is 5.19.